The Labute approximate surface area is 306 Å². The molecule has 0 radical (unpaired) electrons. The first-order valence-corrected chi connectivity index (χ1v) is 20.0. The maximum Gasteiger partial charge on any atom is 0.475 e. The third-order valence-electron chi connectivity index (χ3n) is 10.2. The first kappa shape index (κ1) is 41.3. The number of fused-ring (bicyclic) bond motifs is 1. The zero-order valence-corrected chi connectivity index (χ0v) is 31.5. The molecule has 290 valence electrons. The molecule has 1 aromatic rings. The van der Waals surface area contributed by atoms with Gasteiger partial charge in [-0.3, -0.25) is 14.5 Å². The number of nitrogens with zero attached hydrogens (tertiary/aromatic N) is 2. The smallest absolute Gasteiger partial charge is 0.444 e. The molecule has 52 heavy (non-hydrogen) atoms. The van der Waals surface area contributed by atoms with Gasteiger partial charge in [0.1, 0.15) is 24.0 Å². The monoisotopic (exact) mass is 752 g/mol. The molecule has 1 aliphatic carbocycles. The van der Waals surface area contributed by atoms with Crippen molar-refractivity contribution in [1.29, 1.82) is 0 Å². The second-order valence-corrected chi connectivity index (χ2v) is 17.2. The summed E-state index contributed by atoms with van der Waals surface area (Å²) < 4.78 is 46.3. The molecule has 0 aromatic heterocycles. The van der Waals surface area contributed by atoms with E-state index in [1.165, 1.54) is 15.9 Å². The van der Waals surface area contributed by atoms with Crippen molar-refractivity contribution < 1.29 is 46.8 Å². The van der Waals surface area contributed by atoms with E-state index in [4.69, 9.17) is 4.74 Å². The minimum absolute atomic E-state index is 0.00522. The fraction of sp³-hybridized carbons (Fsp3) is 0.706. The van der Waals surface area contributed by atoms with Crippen molar-refractivity contribution in [2.75, 3.05) is 19.3 Å². The summed E-state index contributed by atoms with van der Waals surface area (Å²) in [6.07, 6.45) is 3.95. The number of amides is 5. The van der Waals surface area contributed by atoms with E-state index in [-0.39, 0.29) is 44.9 Å². The third kappa shape index (κ3) is 11.0. The molecular weight excluding hydrogens is 698 g/mol. The van der Waals surface area contributed by atoms with Gasteiger partial charge < -0.3 is 35.6 Å². The quantitative estimate of drug-likeness (QED) is 0.162. The summed E-state index contributed by atoms with van der Waals surface area (Å²) in [6.45, 7) is 7.23. The predicted octanol–water partition coefficient (Wildman–Crippen LogP) is 1.76. The number of carbonyl (C=O) groups excluding carboxylic acids is 4. The van der Waals surface area contributed by atoms with Crippen LogP contribution in [0.1, 0.15) is 90.2 Å². The Morgan fingerprint density at radius 2 is 1.75 bits per heavy atom. The maximum absolute atomic E-state index is 14.6. The highest BCUT2D eigenvalue weighted by Gasteiger charge is 2.47. The summed E-state index contributed by atoms with van der Waals surface area (Å²) in [7, 11) is -5.41. The first-order chi connectivity index (χ1) is 24.4. The molecule has 0 spiro atoms. The number of urea groups is 1. The standard InChI is InChI=1S/C34H54BFN6O9S/c1-6-11-28(35(47)48)39-30(43)26-16-23(51-33(46)41-18-22-14-10-15-25(36)24(22)20-41)19-42(26)31(44)29(21-12-8-7-9-13-21)40-32(45)38-27(34(2,3)4)17-37-52(5,49)50/h10,14-15,21,23,26-29,37,47-48H,6-9,11-13,16-20H2,1-5H3,(H,39,43)(H2,38,40,45)/t23-,26+,27-,28+,29+/m1/s1. The van der Waals surface area contributed by atoms with Crippen LogP contribution in [0.2, 0.25) is 0 Å². The van der Waals surface area contributed by atoms with Crippen molar-refractivity contribution in [2.24, 2.45) is 11.3 Å². The average molecular weight is 753 g/mol. The van der Waals surface area contributed by atoms with Crippen LogP contribution in [-0.2, 0) is 37.4 Å². The van der Waals surface area contributed by atoms with E-state index < -0.39 is 82.5 Å². The van der Waals surface area contributed by atoms with E-state index in [0.29, 0.717) is 30.4 Å². The lowest BCUT2D eigenvalue weighted by Crippen LogP contribution is -2.60. The van der Waals surface area contributed by atoms with Gasteiger partial charge in [0.25, 0.3) is 0 Å². The SMILES string of the molecule is CCC[C@H](NC(=O)[C@@H]1C[C@@H](OC(=O)N2Cc3cccc(F)c3C2)CN1C(=O)[C@@H](NC(=O)N[C@H](CNS(C)(=O)=O)C(C)(C)C)C1CCCCC1)B(O)O. The van der Waals surface area contributed by atoms with Crippen molar-refractivity contribution in [3.8, 4) is 0 Å². The van der Waals surface area contributed by atoms with Gasteiger partial charge in [0.05, 0.1) is 25.3 Å². The lowest BCUT2D eigenvalue weighted by Gasteiger charge is -2.36. The summed E-state index contributed by atoms with van der Waals surface area (Å²) in [5, 5.41) is 28.2. The number of halogens is 1. The van der Waals surface area contributed by atoms with Crippen LogP contribution in [0.5, 0.6) is 0 Å². The molecule has 5 atom stereocenters. The number of sulfonamides is 1. The summed E-state index contributed by atoms with van der Waals surface area (Å²) in [5.74, 6) is -2.94. The van der Waals surface area contributed by atoms with Gasteiger partial charge in [0.2, 0.25) is 21.8 Å². The molecule has 1 saturated heterocycles. The number of rotatable bonds is 13. The van der Waals surface area contributed by atoms with Gasteiger partial charge in [-0.25, -0.2) is 27.1 Å². The summed E-state index contributed by atoms with van der Waals surface area (Å²) in [6, 6.07) is 1.03. The minimum atomic E-state index is -3.55. The van der Waals surface area contributed by atoms with Gasteiger partial charge in [-0.05, 0) is 42.2 Å². The number of carbonyl (C=O) groups is 4. The molecule has 15 nitrogen and oxygen atoms in total. The Bertz CT molecular complexity index is 1560. The van der Waals surface area contributed by atoms with E-state index in [1.54, 1.807) is 12.1 Å². The molecule has 5 amide bonds. The highest BCUT2D eigenvalue weighted by molar-refractivity contribution is 7.88. The number of likely N-dealkylation sites (tertiary alicyclic amines) is 1. The highest BCUT2D eigenvalue weighted by atomic mass is 32.2. The number of ether oxygens (including phenoxy) is 1. The van der Waals surface area contributed by atoms with Crippen LogP contribution >= 0.6 is 0 Å². The fourth-order valence-corrected chi connectivity index (χ4v) is 7.63. The van der Waals surface area contributed by atoms with E-state index in [1.807, 2.05) is 27.7 Å². The molecule has 3 aliphatic rings. The van der Waals surface area contributed by atoms with Crippen LogP contribution < -0.4 is 20.7 Å². The molecule has 2 aliphatic heterocycles. The van der Waals surface area contributed by atoms with Crippen LogP contribution in [-0.4, -0.2) is 109 Å². The van der Waals surface area contributed by atoms with E-state index >= 15 is 0 Å². The molecule has 2 heterocycles. The Morgan fingerprint density at radius 1 is 1.06 bits per heavy atom. The Morgan fingerprint density at radius 3 is 2.35 bits per heavy atom. The fourth-order valence-electron chi connectivity index (χ4n) is 7.16. The lowest BCUT2D eigenvalue weighted by atomic mass is 9.76. The molecule has 2 fully saturated rings. The van der Waals surface area contributed by atoms with Gasteiger partial charge in [-0.15, -0.1) is 0 Å². The van der Waals surface area contributed by atoms with Gasteiger partial charge in [0, 0.05) is 31.1 Å². The van der Waals surface area contributed by atoms with Crippen LogP contribution in [0.3, 0.4) is 0 Å². The van der Waals surface area contributed by atoms with E-state index in [9.17, 15) is 42.0 Å². The number of nitrogens with one attached hydrogen (secondary N) is 4. The van der Waals surface area contributed by atoms with Crippen molar-refractivity contribution in [1.82, 2.24) is 30.5 Å². The van der Waals surface area contributed by atoms with Crippen LogP contribution in [0.4, 0.5) is 14.0 Å². The van der Waals surface area contributed by atoms with Crippen molar-refractivity contribution in [2.45, 2.75) is 122 Å². The maximum atomic E-state index is 14.6. The van der Waals surface area contributed by atoms with E-state index in [0.717, 1.165) is 25.5 Å². The predicted molar refractivity (Wildman–Crippen MR) is 191 cm³/mol. The summed E-state index contributed by atoms with van der Waals surface area (Å²) in [4.78, 5) is 57.9. The molecule has 0 unspecified atom stereocenters. The number of hydrogen-bond donors (Lipinski definition) is 6. The molecule has 0 bridgehead atoms. The largest absolute Gasteiger partial charge is 0.475 e. The van der Waals surface area contributed by atoms with Crippen molar-refractivity contribution in [3.63, 3.8) is 0 Å². The van der Waals surface area contributed by atoms with Crippen molar-refractivity contribution in [3.05, 3.63) is 35.1 Å². The number of benzene rings is 1. The number of hydrogen-bond acceptors (Lipinski definition) is 9. The van der Waals surface area contributed by atoms with Gasteiger partial charge in [-0.1, -0.05) is 65.5 Å². The molecule has 18 heteroatoms. The van der Waals surface area contributed by atoms with Crippen LogP contribution in [0.15, 0.2) is 18.2 Å². The van der Waals surface area contributed by atoms with Gasteiger partial charge >= 0.3 is 19.2 Å². The topological polar surface area (TPSA) is 207 Å². The van der Waals surface area contributed by atoms with Gasteiger partial charge in [0.15, 0.2) is 0 Å². The molecule has 4 rings (SSSR count). The Kier molecular flexibility index (Phi) is 13.9. The Balaban J connectivity index is 1.57. The third-order valence-corrected chi connectivity index (χ3v) is 10.9. The van der Waals surface area contributed by atoms with Crippen LogP contribution in [0, 0.1) is 17.2 Å². The minimum Gasteiger partial charge on any atom is -0.444 e. The van der Waals surface area contributed by atoms with Gasteiger partial charge in [-0.2, -0.15) is 0 Å². The second kappa shape index (κ2) is 17.6. The Hall–Kier alpha value is -3.48. The first-order valence-electron chi connectivity index (χ1n) is 18.1. The molecule has 6 N–H and O–H groups in total. The zero-order valence-electron chi connectivity index (χ0n) is 30.7. The van der Waals surface area contributed by atoms with Crippen molar-refractivity contribution >= 4 is 41.1 Å². The summed E-state index contributed by atoms with van der Waals surface area (Å²) in [5.41, 5.74) is 0.482. The normalized spacial score (nSPS) is 21.2. The van der Waals surface area contributed by atoms with E-state index in [2.05, 4.69) is 20.7 Å². The lowest BCUT2D eigenvalue weighted by molar-refractivity contribution is -0.141. The zero-order chi connectivity index (χ0) is 38.4. The summed E-state index contributed by atoms with van der Waals surface area (Å²) >= 11 is 0. The molecular formula is C34H54BFN6O9S. The highest BCUT2D eigenvalue weighted by Crippen LogP contribution is 2.32. The second-order valence-electron chi connectivity index (χ2n) is 15.3. The average Bonchev–Trinajstić information content (AvgIpc) is 3.70. The molecule has 1 saturated carbocycles. The van der Waals surface area contributed by atoms with Crippen LogP contribution in [0.25, 0.3) is 0 Å². The molecule has 1 aromatic carbocycles.